The summed E-state index contributed by atoms with van der Waals surface area (Å²) in [4.78, 5) is 0. The Morgan fingerprint density at radius 3 is 1.35 bits per heavy atom. The van der Waals surface area contributed by atoms with Gasteiger partial charge in [0.25, 0.3) is 0 Å². The number of benzene rings is 4. The minimum Gasteiger partial charge on any atom is -0.508 e. The molecule has 0 saturated carbocycles. The third-order valence-electron chi connectivity index (χ3n) is 4.65. The second-order valence-electron chi connectivity index (χ2n) is 7.36. The molecule has 34 heavy (non-hydrogen) atoms. The van der Waals surface area contributed by atoms with E-state index < -0.39 is 5.75 Å². The average Bonchev–Trinajstić information content (AvgIpc) is 2.81. The highest BCUT2D eigenvalue weighted by molar-refractivity contribution is 5.72. The van der Waals surface area contributed by atoms with Gasteiger partial charge in [0, 0.05) is 6.07 Å². The van der Waals surface area contributed by atoms with Crippen molar-refractivity contribution in [2.45, 2.75) is 0 Å². The van der Waals surface area contributed by atoms with Gasteiger partial charge in [0.15, 0.2) is 17.2 Å². The Labute approximate surface area is 196 Å². The number of hydrogen-bond donors (Lipinski definition) is 6. The molecule has 0 aliphatic heterocycles. The van der Waals surface area contributed by atoms with Gasteiger partial charge in [-0.05, 0) is 58.7 Å². The van der Waals surface area contributed by atoms with Gasteiger partial charge in [-0.25, -0.2) is 0 Å². The minimum absolute atomic E-state index is 0.0235. The lowest BCUT2D eigenvalue weighted by Crippen LogP contribution is -1.76. The molecule has 0 unspecified atom stereocenters. The molecule has 4 aromatic rings. The summed E-state index contributed by atoms with van der Waals surface area (Å²) >= 11 is 0. The third-order valence-corrected chi connectivity index (χ3v) is 4.65. The van der Waals surface area contributed by atoms with Gasteiger partial charge in [-0.1, -0.05) is 66.8 Å². The normalized spacial score (nSPS) is 10.8. The Morgan fingerprint density at radius 1 is 0.382 bits per heavy atom. The number of phenols is 6. The largest absolute Gasteiger partial charge is 0.508 e. The fraction of sp³-hybridized carbons (Fsp3) is 0. The summed E-state index contributed by atoms with van der Waals surface area (Å²) in [5, 5.41) is 55.6. The van der Waals surface area contributed by atoms with Crippen molar-refractivity contribution in [3.8, 4) is 34.5 Å². The van der Waals surface area contributed by atoms with Crippen molar-refractivity contribution in [1.82, 2.24) is 0 Å². The Bertz CT molecular complexity index is 1250. The number of phenolic OH excluding ortho intramolecular Hbond substituents is 6. The van der Waals surface area contributed by atoms with Crippen LogP contribution in [0.25, 0.3) is 24.3 Å². The first kappa shape index (κ1) is 23.8. The van der Waals surface area contributed by atoms with Crippen molar-refractivity contribution in [1.29, 1.82) is 0 Å². The predicted molar refractivity (Wildman–Crippen MR) is 134 cm³/mol. The van der Waals surface area contributed by atoms with E-state index in [1.807, 2.05) is 42.5 Å². The van der Waals surface area contributed by atoms with Crippen LogP contribution in [0.1, 0.15) is 22.3 Å². The van der Waals surface area contributed by atoms with E-state index in [0.717, 1.165) is 11.1 Å². The van der Waals surface area contributed by atoms with E-state index in [0.29, 0.717) is 11.1 Å². The Kier molecular flexibility index (Phi) is 7.81. The second-order valence-corrected chi connectivity index (χ2v) is 7.36. The molecule has 6 nitrogen and oxygen atoms in total. The fourth-order valence-electron chi connectivity index (χ4n) is 2.97. The zero-order valence-corrected chi connectivity index (χ0v) is 18.1. The lowest BCUT2D eigenvalue weighted by Gasteiger charge is -2.02. The topological polar surface area (TPSA) is 121 Å². The van der Waals surface area contributed by atoms with Gasteiger partial charge in [-0.3, -0.25) is 0 Å². The molecule has 0 fully saturated rings. The maximum atomic E-state index is 9.33. The molecule has 0 atom stereocenters. The number of rotatable bonds is 4. The smallest absolute Gasteiger partial charge is 0.200 e. The van der Waals surface area contributed by atoms with Crippen LogP contribution in [0.5, 0.6) is 34.5 Å². The Balaban J connectivity index is 0.000000191. The van der Waals surface area contributed by atoms with Crippen LogP contribution in [0.4, 0.5) is 0 Å². The maximum Gasteiger partial charge on any atom is 0.200 e. The highest BCUT2D eigenvalue weighted by atomic mass is 16.3. The molecular formula is C28H24O6. The standard InChI is InChI=1S/2C14H12O3/c15-12-5-3-10(4-6-12)1-2-11-7-13(16)9-14(17)8-11;15-12-8-11(9-13(16)14(12)17)7-6-10-4-2-1-3-5-10/h2*1-9,15-17H/b2-1+;7-6+. The first-order chi connectivity index (χ1) is 16.3. The SMILES string of the molecule is Oc1cc(/C=C/c2ccccc2)cc(O)c1O.Oc1ccc(/C=C/c2cc(O)cc(O)c2)cc1. The molecule has 0 amide bonds. The van der Waals surface area contributed by atoms with Crippen LogP contribution in [0.3, 0.4) is 0 Å². The van der Waals surface area contributed by atoms with Gasteiger partial charge in [0.1, 0.15) is 17.2 Å². The predicted octanol–water partition coefficient (Wildman–Crippen LogP) is 5.95. The lowest BCUT2D eigenvalue weighted by molar-refractivity contribution is 0.368. The first-order valence-electron chi connectivity index (χ1n) is 10.3. The molecular weight excluding hydrogens is 432 g/mol. The summed E-state index contributed by atoms with van der Waals surface area (Å²) in [5.74, 6) is -0.903. The summed E-state index contributed by atoms with van der Waals surface area (Å²) in [5.41, 5.74) is 3.25. The van der Waals surface area contributed by atoms with E-state index in [-0.39, 0.29) is 28.7 Å². The molecule has 0 bridgehead atoms. The highest BCUT2D eigenvalue weighted by Gasteiger charge is 2.06. The van der Waals surface area contributed by atoms with Crippen LogP contribution < -0.4 is 0 Å². The van der Waals surface area contributed by atoms with E-state index >= 15 is 0 Å². The van der Waals surface area contributed by atoms with E-state index in [4.69, 9.17) is 5.11 Å². The fourth-order valence-corrected chi connectivity index (χ4v) is 2.97. The summed E-state index contributed by atoms with van der Waals surface area (Å²) in [6.07, 6.45) is 7.19. The summed E-state index contributed by atoms with van der Waals surface area (Å²) in [6, 6.07) is 23.5. The molecule has 4 rings (SSSR count). The zero-order valence-electron chi connectivity index (χ0n) is 18.1. The van der Waals surface area contributed by atoms with Crippen molar-refractivity contribution >= 4 is 24.3 Å². The van der Waals surface area contributed by atoms with Gasteiger partial charge in [-0.15, -0.1) is 0 Å². The van der Waals surface area contributed by atoms with Crippen molar-refractivity contribution in [2.75, 3.05) is 0 Å². The van der Waals surface area contributed by atoms with Crippen LogP contribution >= 0.6 is 0 Å². The summed E-state index contributed by atoms with van der Waals surface area (Å²) < 4.78 is 0. The highest BCUT2D eigenvalue weighted by Crippen LogP contribution is 2.35. The molecule has 0 aliphatic carbocycles. The molecule has 6 N–H and O–H groups in total. The van der Waals surface area contributed by atoms with E-state index in [1.54, 1.807) is 48.6 Å². The van der Waals surface area contributed by atoms with Crippen molar-refractivity contribution < 1.29 is 30.6 Å². The van der Waals surface area contributed by atoms with E-state index in [1.165, 1.54) is 18.2 Å². The van der Waals surface area contributed by atoms with E-state index in [2.05, 4.69) is 0 Å². The molecule has 172 valence electrons. The third kappa shape index (κ3) is 7.10. The molecule has 0 spiro atoms. The van der Waals surface area contributed by atoms with Crippen LogP contribution in [0.2, 0.25) is 0 Å². The molecule has 0 saturated heterocycles. The second kappa shape index (κ2) is 11.2. The Hall–Kier alpha value is -4.84. The van der Waals surface area contributed by atoms with Crippen molar-refractivity contribution in [2.24, 2.45) is 0 Å². The number of hydrogen-bond acceptors (Lipinski definition) is 6. The molecule has 6 heteroatoms. The van der Waals surface area contributed by atoms with Gasteiger partial charge < -0.3 is 30.6 Å². The molecule has 0 heterocycles. The Morgan fingerprint density at radius 2 is 0.824 bits per heavy atom. The minimum atomic E-state index is -0.498. The van der Waals surface area contributed by atoms with Gasteiger partial charge >= 0.3 is 0 Å². The van der Waals surface area contributed by atoms with Gasteiger partial charge in [-0.2, -0.15) is 0 Å². The molecule has 0 aromatic heterocycles. The van der Waals surface area contributed by atoms with E-state index in [9.17, 15) is 25.5 Å². The summed E-state index contributed by atoms with van der Waals surface area (Å²) in [7, 11) is 0. The van der Waals surface area contributed by atoms with Crippen LogP contribution in [0.15, 0.2) is 84.9 Å². The molecule has 0 aliphatic rings. The number of aromatic hydroxyl groups is 6. The summed E-state index contributed by atoms with van der Waals surface area (Å²) in [6.45, 7) is 0. The van der Waals surface area contributed by atoms with Crippen molar-refractivity contribution in [3.63, 3.8) is 0 Å². The molecule has 0 radical (unpaired) electrons. The van der Waals surface area contributed by atoms with Crippen LogP contribution in [-0.4, -0.2) is 30.6 Å². The van der Waals surface area contributed by atoms with Gasteiger partial charge in [0.05, 0.1) is 0 Å². The van der Waals surface area contributed by atoms with Crippen LogP contribution in [0, 0.1) is 0 Å². The molecule has 4 aromatic carbocycles. The average molecular weight is 456 g/mol. The maximum absolute atomic E-state index is 9.33. The lowest BCUT2D eigenvalue weighted by atomic mass is 10.1. The van der Waals surface area contributed by atoms with Crippen LogP contribution in [-0.2, 0) is 0 Å². The quantitative estimate of drug-likeness (QED) is 0.167. The monoisotopic (exact) mass is 456 g/mol. The zero-order chi connectivity index (χ0) is 24.5. The van der Waals surface area contributed by atoms with Crippen molar-refractivity contribution in [3.05, 3.63) is 107 Å². The van der Waals surface area contributed by atoms with Gasteiger partial charge in [0.2, 0.25) is 0 Å². The first-order valence-corrected chi connectivity index (χ1v) is 10.3.